The number of thioether (sulfide) groups is 1. The van der Waals surface area contributed by atoms with E-state index >= 15 is 0 Å². The molecular weight excluding hydrogens is 172 g/mol. The van der Waals surface area contributed by atoms with E-state index < -0.39 is 5.97 Å². The van der Waals surface area contributed by atoms with E-state index in [9.17, 15) is 4.79 Å². The molecule has 0 radical (unpaired) electrons. The average molecular weight is 190 g/mol. The van der Waals surface area contributed by atoms with Crippen LogP contribution in [0.3, 0.4) is 0 Å². The Morgan fingerprint density at radius 2 is 2.00 bits per heavy atom. The molecular formula is C9H18O2S. The van der Waals surface area contributed by atoms with Gasteiger partial charge in [-0.15, -0.1) is 11.8 Å². The second-order valence-corrected chi connectivity index (χ2v) is 5.61. The van der Waals surface area contributed by atoms with Gasteiger partial charge in [-0.25, -0.2) is 0 Å². The van der Waals surface area contributed by atoms with E-state index in [-0.39, 0.29) is 5.25 Å². The molecule has 12 heavy (non-hydrogen) atoms. The summed E-state index contributed by atoms with van der Waals surface area (Å²) in [4.78, 5) is 10.4. The maximum atomic E-state index is 10.4. The first kappa shape index (κ1) is 11.8. The minimum absolute atomic E-state index is 0.271. The molecule has 0 saturated carbocycles. The Morgan fingerprint density at radius 3 is 2.33 bits per heavy atom. The van der Waals surface area contributed by atoms with E-state index in [0.29, 0.717) is 5.41 Å². The lowest BCUT2D eigenvalue weighted by Crippen LogP contribution is -2.14. The van der Waals surface area contributed by atoms with E-state index in [0.717, 1.165) is 12.2 Å². The van der Waals surface area contributed by atoms with Gasteiger partial charge in [-0.3, -0.25) is 4.79 Å². The van der Waals surface area contributed by atoms with Crippen molar-refractivity contribution in [2.24, 2.45) is 5.41 Å². The van der Waals surface area contributed by atoms with E-state index in [1.54, 1.807) is 6.92 Å². The Morgan fingerprint density at radius 1 is 1.50 bits per heavy atom. The molecule has 2 nitrogen and oxygen atoms in total. The first-order valence-corrected chi connectivity index (χ1v) is 5.22. The predicted molar refractivity (Wildman–Crippen MR) is 53.6 cm³/mol. The van der Waals surface area contributed by atoms with Crippen molar-refractivity contribution in [2.45, 2.75) is 39.4 Å². The minimum atomic E-state index is -0.714. The number of carboxylic acids is 1. The highest BCUT2D eigenvalue weighted by Crippen LogP contribution is 2.23. The molecule has 0 heterocycles. The topological polar surface area (TPSA) is 37.3 Å². The number of carboxylic acid groups (broad SMARTS) is 1. The van der Waals surface area contributed by atoms with Gasteiger partial charge in [0.15, 0.2) is 0 Å². The van der Waals surface area contributed by atoms with Gasteiger partial charge in [0.25, 0.3) is 0 Å². The Balaban J connectivity index is 3.51. The molecule has 0 bridgehead atoms. The Labute approximate surface area is 78.7 Å². The molecule has 0 aromatic heterocycles. The summed E-state index contributed by atoms with van der Waals surface area (Å²) in [6, 6.07) is 0. The fourth-order valence-corrected chi connectivity index (χ4v) is 1.84. The van der Waals surface area contributed by atoms with Gasteiger partial charge < -0.3 is 5.11 Å². The van der Waals surface area contributed by atoms with Gasteiger partial charge >= 0.3 is 5.97 Å². The maximum Gasteiger partial charge on any atom is 0.316 e. The summed E-state index contributed by atoms with van der Waals surface area (Å²) < 4.78 is 0. The molecule has 0 aromatic carbocycles. The third kappa shape index (κ3) is 6.53. The molecule has 1 N–H and O–H groups in total. The van der Waals surface area contributed by atoms with Crippen LogP contribution in [0.15, 0.2) is 0 Å². The molecule has 3 heteroatoms. The monoisotopic (exact) mass is 190 g/mol. The highest BCUT2D eigenvalue weighted by molar-refractivity contribution is 8.00. The van der Waals surface area contributed by atoms with E-state index in [1.807, 2.05) is 0 Å². The van der Waals surface area contributed by atoms with Crippen LogP contribution in [0.2, 0.25) is 0 Å². The summed E-state index contributed by atoms with van der Waals surface area (Å²) in [6.07, 6.45) is 1.06. The van der Waals surface area contributed by atoms with Gasteiger partial charge in [-0.1, -0.05) is 20.8 Å². The first-order chi connectivity index (χ1) is 5.33. The van der Waals surface area contributed by atoms with Crippen molar-refractivity contribution in [3.63, 3.8) is 0 Å². The molecule has 72 valence electrons. The Kier molecular flexibility index (Phi) is 4.68. The van der Waals surface area contributed by atoms with Crippen molar-refractivity contribution in [1.82, 2.24) is 0 Å². The minimum Gasteiger partial charge on any atom is -0.480 e. The van der Waals surface area contributed by atoms with Crippen LogP contribution in [-0.2, 0) is 4.79 Å². The largest absolute Gasteiger partial charge is 0.480 e. The number of rotatable bonds is 4. The highest BCUT2D eigenvalue weighted by Gasteiger charge is 2.14. The Hall–Kier alpha value is -0.180. The van der Waals surface area contributed by atoms with E-state index in [1.165, 1.54) is 11.8 Å². The molecule has 0 aromatic rings. The third-order valence-electron chi connectivity index (χ3n) is 1.57. The summed E-state index contributed by atoms with van der Waals surface area (Å²) in [5, 5.41) is 8.32. The third-order valence-corrected chi connectivity index (χ3v) is 2.71. The number of hydrogen-bond acceptors (Lipinski definition) is 2. The highest BCUT2D eigenvalue weighted by atomic mass is 32.2. The first-order valence-electron chi connectivity index (χ1n) is 4.17. The predicted octanol–water partition coefficient (Wildman–Crippen LogP) is 2.63. The van der Waals surface area contributed by atoms with Crippen molar-refractivity contribution in [3.8, 4) is 0 Å². The number of hydrogen-bond donors (Lipinski definition) is 1. The lowest BCUT2D eigenvalue weighted by Gasteiger charge is -2.17. The van der Waals surface area contributed by atoms with Crippen LogP contribution in [0.1, 0.15) is 34.1 Å². The summed E-state index contributed by atoms with van der Waals surface area (Å²) >= 11 is 1.51. The smallest absolute Gasteiger partial charge is 0.316 e. The van der Waals surface area contributed by atoms with Crippen molar-refractivity contribution in [1.29, 1.82) is 0 Å². The zero-order valence-corrected chi connectivity index (χ0v) is 9.07. The Bertz CT molecular complexity index is 149. The van der Waals surface area contributed by atoms with Crippen LogP contribution in [0.25, 0.3) is 0 Å². The molecule has 0 aliphatic rings. The van der Waals surface area contributed by atoms with Gasteiger partial charge in [-0.2, -0.15) is 0 Å². The standard InChI is InChI=1S/C9H18O2S/c1-7(8(10)11)12-6-5-9(2,3)4/h7H,5-6H2,1-4H3,(H,10,11). The number of aliphatic carboxylic acids is 1. The molecule has 1 atom stereocenters. The normalized spacial score (nSPS) is 14.3. The second kappa shape index (κ2) is 4.75. The summed E-state index contributed by atoms with van der Waals surface area (Å²) in [5.74, 6) is 0.214. The van der Waals surface area contributed by atoms with Crippen LogP contribution in [0.4, 0.5) is 0 Å². The summed E-state index contributed by atoms with van der Waals surface area (Å²) in [5.41, 5.74) is 0.311. The SMILES string of the molecule is CC(SCCC(C)(C)C)C(=O)O. The van der Waals surface area contributed by atoms with Gasteiger partial charge in [-0.05, 0) is 24.5 Å². The lowest BCUT2D eigenvalue weighted by molar-refractivity contribution is -0.136. The van der Waals surface area contributed by atoms with Gasteiger partial charge in [0.1, 0.15) is 0 Å². The van der Waals surface area contributed by atoms with Gasteiger partial charge in [0.2, 0.25) is 0 Å². The van der Waals surface area contributed by atoms with Crippen LogP contribution in [0, 0.1) is 5.41 Å². The van der Waals surface area contributed by atoms with E-state index in [2.05, 4.69) is 20.8 Å². The van der Waals surface area contributed by atoms with Crippen LogP contribution < -0.4 is 0 Å². The average Bonchev–Trinajstić information content (AvgIpc) is 1.84. The fourth-order valence-electron chi connectivity index (χ4n) is 0.613. The zero-order chi connectivity index (χ0) is 9.78. The van der Waals surface area contributed by atoms with Crippen molar-refractivity contribution >= 4 is 17.7 Å². The van der Waals surface area contributed by atoms with Crippen LogP contribution in [-0.4, -0.2) is 22.1 Å². The summed E-state index contributed by atoms with van der Waals surface area (Å²) in [7, 11) is 0. The van der Waals surface area contributed by atoms with Crippen LogP contribution in [0.5, 0.6) is 0 Å². The molecule has 0 saturated heterocycles. The van der Waals surface area contributed by atoms with Crippen molar-refractivity contribution in [2.75, 3.05) is 5.75 Å². The zero-order valence-electron chi connectivity index (χ0n) is 8.26. The molecule has 0 aliphatic heterocycles. The number of carbonyl (C=O) groups is 1. The second-order valence-electron chi connectivity index (χ2n) is 4.16. The quantitative estimate of drug-likeness (QED) is 0.740. The van der Waals surface area contributed by atoms with Gasteiger partial charge in [0, 0.05) is 0 Å². The fraction of sp³-hybridized carbons (Fsp3) is 0.889. The molecule has 0 rings (SSSR count). The van der Waals surface area contributed by atoms with Gasteiger partial charge in [0.05, 0.1) is 5.25 Å². The molecule has 0 fully saturated rings. The molecule has 0 aliphatic carbocycles. The molecule has 0 spiro atoms. The van der Waals surface area contributed by atoms with Crippen LogP contribution >= 0.6 is 11.8 Å². The molecule has 1 unspecified atom stereocenters. The van der Waals surface area contributed by atoms with Crippen molar-refractivity contribution in [3.05, 3.63) is 0 Å². The maximum absolute atomic E-state index is 10.4. The van der Waals surface area contributed by atoms with E-state index in [4.69, 9.17) is 5.11 Å². The molecule has 0 amide bonds. The summed E-state index contributed by atoms with van der Waals surface area (Å²) in [6.45, 7) is 8.23. The lowest BCUT2D eigenvalue weighted by atomic mass is 9.94. The van der Waals surface area contributed by atoms with Crippen molar-refractivity contribution < 1.29 is 9.90 Å².